The van der Waals surface area contributed by atoms with Gasteiger partial charge in [0, 0.05) is 77.1 Å². The maximum Gasteiger partial charge on any atom is 0.308 e. The fraction of sp³-hybridized carbons (Fsp3) is 0.981. The van der Waals surface area contributed by atoms with Gasteiger partial charge < -0.3 is 87.1 Å². The number of hydrogen-bond donors (Lipinski definition) is 5. The van der Waals surface area contributed by atoms with Crippen LogP contribution in [0.4, 0.5) is 0 Å². The van der Waals surface area contributed by atoms with Crippen LogP contribution in [0.25, 0.3) is 0 Å². The molecule has 26 atom stereocenters. The summed E-state index contributed by atoms with van der Waals surface area (Å²) in [5.74, 6) is -8.31. The van der Waals surface area contributed by atoms with Crippen molar-refractivity contribution in [2.24, 2.45) is 29.6 Å². The Morgan fingerprint density at radius 2 is 1.35 bits per heavy atom. The predicted octanol–water partition coefficient (Wildman–Crippen LogP) is 4.57. The van der Waals surface area contributed by atoms with E-state index in [0.717, 1.165) is 6.42 Å². The van der Waals surface area contributed by atoms with Gasteiger partial charge in [0.25, 0.3) is 0 Å². The molecule has 1 spiro atoms. The Morgan fingerprint density at radius 3 is 1.94 bits per heavy atom. The number of carboxylic acids is 1. The molecule has 8 rings (SSSR count). The number of rotatable bonds is 15. The number of carboxylic acid groups (broad SMARTS) is 1. The molecule has 0 aromatic carbocycles. The highest BCUT2D eigenvalue weighted by atomic mass is 16.7. The summed E-state index contributed by atoms with van der Waals surface area (Å²) in [5, 5.41) is 55.6. The van der Waals surface area contributed by atoms with Gasteiger partial charge in [0.15, 0.2) is 29.9 Å². The molecule has 8 heterocycles. The average Bonchev–Trinajstić information content (AvgIpc) is 4.03. The van der Waals surface area contributed by atoms with E-state index in [0.29, 0.717) is 57.8 Å². The summed E-state index contributed by atoms with van der Waals surface area (Å²) in [5.41, 5.74) is -1.67. The lowest BCUT2D eigenvalue weighted by molar-refractivity contribution is -0.377. The highest BCUT2D eigenvalue weighted by molar-refractivity contribution is 5.68. The first-order valence-corrected chi connectivity index (χ1v) is 26.7. The van der Waals surface area contributed by atoms with E-state index < -0.39 is 139 Å². The van der Waals surface area contributed by atoms with E-state index in [1.807, 2.05) is 41.5 Å². The van der Waals surface area contributed by atoms with Crippen molar-refractivity contribution in [3.05, 3.63) is 0 Å². The molecule has 0 saturated carbocycles. The third-order valence-electron chi connectivity index (χ3n) is 18.4. The third-order valence-corrected chi connectivity index (χ3v) is 18.4. The highest BCUT2D eigenvalue weighted by Crippen LogP contribution is 2.55. The van der Waals surface area contributed by atoms with Gasteiger partial charge >= 0.3 is 5.97 Å². The molecule has 0 aromatic heterocycles. The Bertz CT molecular complexity index is 1800. The molecule has 0 bridgehead atoms. The van der Waals surface area contributed by atoms with Crippen molar-refractivity contribution < 1.29 is 91.9 Å². The van der Waals surface area contributed by atoms with Crippen LogP contribution in [0.5, 0.6) is 0 Å². The molecule has 8 aliphatic heterocycles. The summed E-state index contributed by atoms with van der Waals surface area (Å²) in [6.07, 6.45) is -2.52. The maximum atomic E-state index is 12.3. The summed E-state index contributed by atoms with van der Waals surface area (Å²) in [4.78, 5) is 12.3. The standard InChI is InChI=1S/C52H88O19/c1-26-21-27(2)52(58,25-53)69-42(26)36-22-37(64-40-15-13-34(59-10)31(6)62-40)47(65-36)49(9)18-17-38(67-49)48(8)19-20-50(71-48)23-33(54)28(3)43(68-50)29(4)44-46(61-12)45(30(5)51(57,70-44)24-39(55)56)66-41-16-14-35(60-11)32(7)63-41/h26-38,40-47,53-54,57-58H,13-25H2,1-12H3,(H,55,56)/t26-,27+,28-,29-,30-,31+,32+,33+,34+,35-,36-,37-,38-,40+,41-,42+,43-,44+,45-,46+,47+,48-,49-,50+,51+,52-/m0/s1. The first-order valence-electron chi connectivity index (χ1n) is 26.7. The van der Waals surface area contributed by atoms with Gasteiger partial charge in [-0.05, 0) is 72.1 Å². The van der Waals surface area contributed by atoms with Crippen molar-refractivity contribution in [3.63, 3.8) is 0 Å². The molecule has 19 nitrogen and oxygen atoms in total. The second kappa shape index (κ2) is 21.7. The number of carbonyl (C=O) groups is 1. The monoisotopic (exact) mass is 1020 g/mol. The van der Waals surface area contributed by atoms with Gasteiger partial charge in [-0.15, -0.1) is 0 Å². The predicted molar refractivity (Wildman–Crippen MR) is 251 cm³/mol. The molecule has 5 N–H and O–H groups in total. The van der Waals surface area contributed by atoms with Crippen LogP contribution >= 0.6 is 0 Å². The molecule has 410 valence electrons. The number of ether oxygens (including phenoxy) is 13. The zero-order valence-electron chi connectivity index (χ0n) is 44.3. The second-order valence-electron chi connectivity index (χ2n) is 23.4. The van der Waals surface area contributed by atoms with Gasteiger partial charge in [-0.1, -0.05) is 34.6 Å². The molecule has 71 heavy (non-hydrogen) atoms. The average molecular weight is 1020 g/mol. The fourth-order valence-electron chi connectivity index (χ4n) is 13.8. The fourth-order valence-corrected chi connectivity index (χ4v) is 13.8. The van der Waals surface area contributed by atoms with Crippen LogP contribution in [-0.2, 0) is 66.4 Å². The van der Waals surface area contributed by atoms with Gasteiger partial charge in [-0.2, -0.15) is 0 Å². The maximum absolute atomic E-state index is 12.3. The van der Waals surface area contributed by atoms with Crippen molar-refractivity contribution in [2.75, 3.05) is 27.9 Å². The Hall–Kier alpha value is -1.21. The molecule has 8 aliphatic rings. The zero-order valence-corrected chi connectivity index (χ0v) is 44.3. The number of aliphatic hydroxyl groups excluding tert-OH is 2. The van der Waals surface area contributed by atoms with Crippen LogP contribution in [-0.4, -0.2) is 186 Å². The van der Waals surface area contributed by atoms with Gasteiger partial charge in [0.1, 0.15) is 12.2 Å². The first kappa shape index (κ1) is 56.0. The quantitative estimate of drug-likeness (QED) is 0.151. The molecule has 0 aliphatic carbocycles. The number of methoxy groups -OCH3 is 3. The lowest BCUT2D eigenvalue weighted by Gasteiger charge is -2.54. The molecule has 8 saturated heterocycles. The van der Waals surface area contributed by atoms with E-state index in [4.69, 9.17) is 61.6 Å². The summed E-state index contributed by atoms with van der Waals surface area (Å²) in [7, 11) is 4.88. The lowest BCUT2D eigenvalue weighted by Crippen LogP contribution is -2.66. The minimum absolute atomic E-state index is 0.0331. The van der Waals surface area contributed by atoms with Crippen molar-refractivity contribution >= 4 is 5.97 Å². The normalized spacial score (nSPS) is 53.3. The Balaban J connectivity index is 0.993. The molecule has 0 unspecified atom stereocenters. The van der Waals surface area contributed by atoms with Crippen molar-refractivity contribution in [1.82, 2.24) is 0 Å². The van der Waals surface area contributed by atoms with Crippen molar-refractivity contribution in [1.29, 1.82) is 0 Å². The van der Waals surface area contributed by atoms with Gasteiger partial charge in [0.05, 0.1) is 97.5 Å². The molecule has 0 amide bonds. The Kier molecular flexibility index (Phi) is 17.1. The second-order valence-corrected chi connectivity index (χ2v) is 23.4. The van der Waals surface area contributed by atoms with Crippen molar-refractivity contribution in [3.8, 4) is 0 Å². The van der Waals surface area contributed by atoms with E-state index >= 15 is 0 Å². The summed E-state index contributed by atoms with van der Waals surface area (Å²) in [6.45, 7) is 17.0. The lowest BCUT2D eigenvalue weighted by atomic mass is 9.75. The van der Waals surface area contributed by atoms with Crippen LogP contribution in [0.1, 0.15) is 139 Å². The van der Waals surface area contributed by atoms with Crippen LogP contribution < -0.4 is 0 Å². The van der Waals surface area contributed by atoms with Gasteiger partial charge in [0.2, 0.25) is 0 Å². The van der Waals surface area contributed by atoms with E-state index in [-0.39, 0.29) is 42.7 Å². The number of aliphatic carboxylic acids is 1. The minimum Gasteiger partial charge on any atom is -0.481 e. The molecule has 8 fully saturated rings. The van der Waals surface area contributed by atoms with Crippen LogP contribution in [0.15, 0.2) is 0 Å². The summed E-state index contributed by atoms with van der Waals surface area (Å²) in [6, 6.07) is 0. The molecular formula is C52H88O19. The van der Waals surface area contributed by atoms with Crippen LogP contribution in [0, 0.1) is 29.6 Å². The number of aliphatic hydroxyl groups is 4. The number of hydrogen-bond acceptors (Lipinski definition) is 18. The Morgan fingerprint density at radius 1 is 0.704 bits per heavy atom. The topological polar surface area (TPSA) is 238 Å². The van der Waals surface area contributed by atoms with E-state index in [1.54, 1.807) is 28.3 Å². The smallest absolute Gasteiger partial charge is 0.308 e. The molecule has 0 radical (unpaired) electrons. The largest absolute Gasteiger partial charge is 0.481 e. The van der Waals surface area contributed by atoms with Gasteiger partial charge in [-0.3, -0.25) is 4.79 Å². The minimum atomic E-state index is -2.13. The Labute approximate surface area is 420 Å². The van der Waals surface area contributed by atoms with E-state index in [1.165, 1.54) is 0 Å². The highest BCUT2D eigenvalue weighted by Gasteiger charge is 2.64. The zero-order chi connectivity index (χ0) is 51.6. The molecule has 0 aromatic rings. The van der Waals surface area contributed by atoms with Crippen LogP contribution in [0.2, 0.25) is 0 Å². The SMILES string of the molecule is CO[C@@H]1[C@@H]([C@@H](C)[C@H]2O[C@@]3(CC[C@@](C)([C@@H]4CC[C@@](C)([C@@H]5O[C@H]([C@@H]6O[C@@](O)(CO)[C@H](C)C[C@@H]6C)C[C@@H]5O[C@@H]5CC[C@@H](OC)[C@@H](C)O5)O4)O3)C[C@@H](O)[C@@H]2C)O[C@](O)(CC(=O)O)[C@@H](C)[C@@H]1O[C@H]1CC[C@H](OC)[C@@H](C)O1. The van der Waals surface area contributed by atoms with Crippen LogP contribution in [0.3, 0.4) is 0 Å². The first-order chi connectivity index (χ1) is 33.4. The summed E-state index contributed by atoms with van der Waals surface area (Å²) >= 11 is 0. The summed E-state index contributed by atoms with van der Waals surface area (Å²) < 4.78 is 84.7. The molecule has 19 heteroatoms. The third kappa shape index (κ3) is 11.0. The van der Waals surface area contributed by atoms with E-state index in [2.05, 4.69) is 13.8 Å². The molecular weight excluding hydrogens is 929 g/mol. The van der Waals surface area contributed by atoms with Gasteiger partial charge in [-0.25, -0.2) is 0 Å². The van der Waals surface area contributed by atoms with E-state index in [9.17, 15) is 30.3 Å². The van der Waals surface area contributed by atoms with Crippen molar-refractivity contribution in [2.45, 2.75) is 266 Å².